The van der Waals surface area contributed by atoms with Gasteiger partial charge in [0.05, 0.1) is 27.3 Å². The number of allylic oxidation sites excluding steroid dienone is 1. The van der Waals surface area contributed by atoms with Crippen LogP contribution in [-0.2, 0) is 24.5 Å². The Hall–Kier alpha value is -1.95. The third-order valence-corrected chi connectivity index (χ3v) is 6.37. The van der Waals surface area contributed by atoms with Crippen LogP contribution >= 0.6 is 0 Å². The van der Waals surface area contributed by atoms with Crippen LogP contribution in [-0.4, -0.2) is 28.8 Å². The van der Waals surface area contributed by atoms with Crippen molar-refractivity contribution in [1.29, 1.82) is 0 Å². The summed E-state index contributed by atoms with van der Waals surface area (Å²) in [6.07, 6.45) is 3.81. The monoisotopic (exact) mass is 401 g/mol. The Labute approximate surface area is 172 Å². The standard InChI is InChI=1S/C23H31NO3S/c1-5-7-19(6-2)18-28(25)24(16-20-8-12-22(26-3)13-9-20)17-21-10-14-23(27-4)15-11-21/h5,8-15,19H,1,6-7,16-18H2,2-4H3. The highest BCUT2D eigenvalue weighted by atomic mass is 32.2. The molecule has 2 aromatic carbocycles. The van der Waals surface area contributed by atoms with Crippen molar-refractivity contribution >= 4 is 11.4 Å². The maximum atomic E-state index is 13.2. The maximum Gasteiger partial charge on any atom is 0.128 e. The molecule has 0 aliphatic carbocycles. The first kappa shape index (κ1) is 22.3. The Morgan fingerprint density at radius 3 is 1.79 bits per heavy atom. The van der Waals surface area contributed by atoms with Crippen LogP contribution < -0.4 is 9.47 Å². The minimum absolute atomic E-state index is 0.382. The van der Waals surface area contributed by atoms with Gasteiger partial charge < -0.3 is 14.0 Å². The number of hydrogen-bond acceptors (Lipinski definition) is 4. The quantitative estimate of drug-likeness (QED) is 0.372. The lowest BCUT2D eigenvalue weighted by Crippen LogP contribution is -2.34. The molecule has 4 nitrogen and oxygen atoms in total. The molecule has 2 unspecified atom stereocenters. The summed E-state index contributed by atoms with van der Waals surface area (Å²) in [5, 5.41) is 0. The predicted octanol–water partition coefficient (Wildman–Crippen LogP) is 4.97. The van der Waals surface area contributed by atoms with E-state index in [0.717, 1.165) is 35.5 Å². The Balaban J connectivity index is 2.15. The second kappa shape index (κ2) is 11.8. The molecule has 0 aromatic heterocycles. The van der Waals surface area contributed by atoms with E-state index in [-0.39, 0.29) is 0 Å². The van der Waals surface area contributed by atoms with Crippen LogP contribution in [0.15, 0.2) is 61.2 Å². The van der Waals surface area contributed by atoms with Crippen molar-refractivity contribution in [3.63, 3.8) is 0 Å². The molecule has 0 amide bonds. The van der Waals surface area contributed by atoms with Gasteiger partial charge in [-0.25, -0.2) is 0 Å². The smallest absolute Gasteiger partial charge is 0.128 e. The second-order valence-corrected chi connectivity index (χ2v) is 8.27. The zero-order chi connectivity index (χ0) is 20.4. The highest BCUT2D eigenvalue weighted by Crippen LogP contribution is 2.22. The third-order valence-electron chi connectivity index (χ3n) is 4.78. The molecule has 28 heavy (non-hydrogen) atoms. The molecular formula is C23H31NO3S. The average molecular weight is 402 g/mol. The van der Waals surface area contributed by atoms with Gasteiger partial charge in [0.2, 0.25) is 0 Å². The normalized spacial score (nSPS) is 13.2. The number of ether oxygens (including phenoxy) is 2. The topological polar surface area (TPSA) is 44.8 Å². The van der Waals surface area contributed by atoms with Crippen LogP contribution in [0.3, 0.4) is 0 Å². The van der Waals surface area contributed by atoms with Crippen molar-refractivity contribution in [2.45, 2.75) is 32.9 Å². The van der Waals surface area contributed by atoms with E-state index in [1.54, 1.807) is 14.2 Å². The molecule has 0 N–H and O–H groups in total. The molecule has 0 aliphatic rings. The van der Waals surface area contributed by atoms with Crippen molar-refractivity contribution in [1.82, 2.24) is 4.31 Å². The van der Waals surface area contributed by atoms with Gasteiger partial charge in [0.25, 0.3) is 0 Å². The van der Waals surface area contributed by atoms with E-state index >= 15 is 0 Å². The van der Waals surface area contributed by atoms with E-state index < -0.39 is 11.4 Å². The number of methoxy groups -OCH3 is 2. The first-order chi connectivity index (χ1) is 13.6. The number of nitrogens with zero attached hydrogens (tertiary/aromatic N) is 1. The number of benzene rings is 2. The zero-order valence-electron chi connectivity index (χ0n) is 17.1. The first-order valence-corrected chi connectivity index (χ1v) is 10.9. The molecule has 5 heteroatoms. The van der Waals surface area contributed by atoms with Gasteiger partial charge in [-0.3, -0.25) is 0 Å². The summed E-state index contributed by atoms with van der Waals surface area (Å²) in [6, 6.07) is 15.9. The Morgan fingerprint density at radius 1 is 0.964 bits per heavy atom. The van der Waals surface area contributed by atoms with Crippen molar-refractivity contribution < 1.29 is 14.0 Å². The molecule has 0 heterocycles. The molecule has 152 valence electrons. The largest absolute Gasteiger partial charge is 0.598 e. The molecule has 2 rings (SSSR count). The summed E-state index contributed by atoms with van der Waals surface area (Å²) < 4.78 is 25.7. The summed E-state index contributed by atoms with van der Waals surface area (Å²) >= 11 is -1.08. The van der Waals surface area contributed by atoms with Gasteiger partial charge in [0.1, 0.15) is 17.3 Å². The lowest BCUT2D eigenvalue weighted by molar-refractivity contribution is 0.390. The number of rotatable bonds is 12. The lowest BCUT2D eigenvalue weighted by Gasteiger charge is -2.27. The zero-order valence-corrected chi connectivity index (χ0v) is 17.9. The molecular weight excluding hydrogens is 370 g/mol. The molecule has 2 aromatic rings. The summed E-state index contributed by atoms with van der Waals surface area (Å²) in [7, 11) is 3.31. The van der Waals surface area contributed by atoms with Crippen molar-refractivity contribution in [3.8, 4) is 11.5 Å². The molecule has 0 fully saturated rings. The first-order valence-electron chi connectivity index (χ1n) is 9.59. The van der Waals surface area contributed by atoms with Gasteiger partial charge in [0, 0.05) is 17.3 Å². The van der Waals surface area contributed by atoms with Crippen LogP contribution in [0.25, 0.3) is 0 Å². The Morgan fingerprint density at radius 2 is 1.43 bits per heavy atom. The van der Waals surface area contributed by atoms with Gasteiger partial charge in [-0.15, -0.1) is 10.9 Å². The van der Waals surface area contributed by atoms with Gasteiger partial charge in [0.15, 0.2) is 0 Å². The molecule has 2 atom stereocenters. The molecule has 0 radical (unpaired) electrons. The fourth-order valence-corrected chi connectivity index (χ4v) is 4.54. The number of hydrogen-bond donors (Lipinski definition) is 0. The third kappa shape index (κ3) is 6.89. The molecule has 0 saturated heterocycles. The van der Waals surface area contributed by atoms with E-state index in [4.69, 9.17) is 9.47 Å². The predicted molar refractivity (Wildman–Crippen MR) is 117 cm³/mol. The van der Waals surface area contributed by atoms with Crippen LogP contribution in [0.1, 0.15) is 30.9 Å². The average Bonchev–Trinajstić information content (AvgIpc) is 2.73. The molecule has 0 spiro atoms. The maximum absolute atomic E-state index is 13.2. The van der Waals surface area contributed by atoms with Crippen LogP contribution in [0.2, 0.25) is 0 Å². The fraction of sp³-hybridized carbons (Fsp3) is 0.391. The van der Waals surface area contributed by atoms with Gasteiger partial charge >= 0.3 is 0 Å². The minimum atomic E-state index is -1.08. The van der Waals surface area contributed by atoms with Gasteiger partial charge in [-0.2, -0.15) is 0 Å². The van der Waals surface area contributed by atoms with Gasteiger partial charge in [-0.1, -0.05) is 37.3 Å². The van der Waals surface area contributed by atoms with E-state index in [2.05, 4.69) is 13.5 Å². The SMILES string of the molecule is C=CCC(CC)C[S+]([O-])N(Cc1ccc(OC)cc1)Cc1ccc(OC)cc1. The van der Waals surface area contributed by atoms with E-state index in [0.29, 0.717) is 24.8 Å². The summed E-state index contributed by atoms with van der Waals surface area (Å²) in [5.74, 6) is 2.68. The highest BCUT2D eigenvalue weighted by Gasteiger charge is 2.24. The lowest BCUT2D eigenvalue weighted by atomic mass is 10.1. The van der Waals surface area contributed by atoms with Crippen molar-refractivity contribution in [3.05, 3.63) is 72.3 Å². The van der Waals surface area contributed by atoms with Crippen molar-refractivity contribution in [2.24, 2.45) is 5.92 Å². The summed E-state index contributed by atoms with van der Waals surface area (Å²) in [5.41, 5.74) is 2.22. The van der Waals surface area contributed by atoms with E-state index in [9.17, 15) is 4.55 Å². The molecule has 0 saturated carbocycles. The molecule has 0 bridgehead atoms. The van der Waals surface area contributed by atoms with Crippen LogP contribution in [0, 0.1) is 5.92 Å². The second-order valence-electron chi connectivity index (χ2n) is 6.78. The summed E-state index contributed by atoms with van der Waals surface area (Å²) in [6.45, 7) is 7.21. The van der Waals surface area contributed by atoms with Gasteiger partial charge in [-0.05, 0) is 48.2 Å². The highest BCUT2D eigenvalue weighted by molar-refractivity contribution is 7.89. The van der Waals surface area contributed by atoms with E-state index in [1.807, 2.05) is 58.9 Å². The fourth-order valence-electron chi connectivity index (χ4n) is 2.96. The Bertz CT molecular complexity index is 653. The Kier molecular flexibility index (Phi) is 9.41. The minimum Gasteiger partial charge on any atom is -0.598 e. The van der Waals surface area contributed by atoms with E-state index in [1.165, 1.54) is 0 Å². The summed E-state index contributed by atoms with van der Waals surface area (Å²) in [4.78, 5) is 0. The van der Waals surface area contributed by atoms with Crippen LogP contribution in [0.4, 0.5) is 0 Å². The van der Waals surface area contributed by atoms with Crippen molar-refractivity contribution in [2.75, 3.05) is 20.0 Å². The molecule has 0 aliphatic heterocycles. The van der Waals surface area contributed by atoms with Crippen LogP contribution in [0.5, 0.6) is 11.5 Å².